The van der Waals surface area contributed by atoms with Crippen molar-refractivity contribution in [2.45, 2.75) is 32.2 Å². The second-order valence-electron chi connectivity index (χ2n) is 5.81. The van der Waals surface area contributed by atoms with Crippen LogP contribution in [-0.2, 0) is 22.4 Å². The summed E-state index contributed by atoms with van der Waals surface area (Å²) in [6.45, 7) is 3.43. The van der Waals surface area contributed by atoms with Gasteiger partial charge in [0.1, 0.15) is 5.75 Å². The normalized spacial score (nSPS) is 21.3. The summed E-state index contributed by atoms with van der Waals surface area (Å²) in [6, 6.07) is 5.96. The molecule has 1 saturated heterocycles. The Labute approximate surface area is 124 Å². The minimum absolute atomic E-state index is 0.00776. The van der Waals surface area contributed by atoms with Crippen LogP contribution in [0.5, 0.6) is 5.75 Å². The maximum atomic E-state index is 12.3. The van der Waals surface area contributed by atoms with Crippen molar-refractivity contribution in [1.29, 1.82) is 0 Å². The van der Waals surface area contributed by atoms with Crippen LogP contribution in [0.2, 0.25) is 0 Å². The smallest absolute Gasteiger partial charge is 0.239 e. The van der Waals surface area contributed by atoms with E-state index in [1.165, 1.54) is 5.56 Å². The fourth-order valence-electron chi connectivity index (χ4n) is 2.93. The molecule has 3 rings (SSSR count). The van der Waals surface area contributed by atoms with Crippen molar-refractivity contribution < 1.29 is 14.3 Å². The first-order valence-corrected chi connectivity index (χ1v) is 7.43. The molecule has 0 spiro atoms. The van der Waals surface area contributed by atoms with E-state index in [1.807, 2.05) is 19.1 Å². The summed E-state index contributed by atoms with van der Waals surface area (Å²) >= 11 is 0. The lowest BCUT2D eigenvalue weighted by molar-refractivity contribution is -0.138. The standard InChI is InChI=1S/C16H20N2O3/c1-11-9-18(10-15(19)17-11)16(20)8-12-4-5-14-13(7-12)3-2-6-21-14/h4-5,7,11H,2-3,6,8-10H2,1H3,(H,17,19)/t11-/m0/s1. The molecule has 1 aromatic carbocycles. The minimum atomic E-state index is -0.0825. The average molecular weight is 288 g/mol. The molecular formula is C16H20N2O3. The maximum Gasteiger partial charge on any atom is 0.239 e. The van der Waals surface area contributed by atoms with Crippen molar-refractivity contribution in [3.05, 3.63) is 29.3 Å². The molecule has 1 fully saturated rings. The van der Waals surface area contributed by atoms with Gasteiger partial charge in [-0.25, -0.2) is 0 Å². The zero-order valence-corrected chi connectivity index (χ0v) is 12.2. The van der Waals surface area contributed by atoms with E-state index in [0.717, 1.165) is 30.8 Å². The lowest BCUT2D eigenvalue weighted by Gasteiger charge is -2.31. The molecule has 2 aliphatic heterocycles. The van der Waals surface area contributed by atoms with E-state index >= 15 is 0 Å². The van der Waals surface area contributed by atoms with Crippen molar-refractivity contribution >= 4 is 11.8 Å². The van der Waals surface area contributed by atoms with Gasteiger partial charge in [0.25, 0.3) is 0 Å². The fourth-order valence-corrected chi connectivity index (χ4v) is 2.93. The van der Waals surface area contributed by atoms with Crippen LogP contribution in [0.25, 0.3) is 0 Å². The van der Waals surface area contributed by atoms with Gasteiger partial charge in [-0.2, -0.15) is 0 Å². The van der Waals surface area contributed by atoms with Crippen molar-refractivity contribution in [3.63, 3.8) is 0 Å². The van der Waals surface area contributed by atoms with Crippen molar-refractivity contribution in [2.24, 2.45) is 0 Å². The monoisotopic (exact) mass is 288 g/mol. The number of hydrogen-bond acceptors (Lipinski definition) is 3. The van der Waals surface area contributed by atoms with Crippen LogP contribution in [-0.4, -0.2) is 42.5 Å². The highest BCUT2D eigenvalue weighted by Crippen LogP contribution is 2.25. The molecule has 1 aromatic rings. The number of aryl methyl sites for hydroxylation is 1. The highest BCUT2D eigenvalue weighted by molar-refractivity contribution is 5.87. The number of fused-ring (bicyclic) bond motifs is 1. The molecule has 0 aliphatic carbocycles. The van der Waals surface area contributed by atoms with Gasteiger partial charge in [0.15, 0.2) is 0 Å². The summed E-state index contributed by atoms with van der Waals surface area (Å²) in [5.74, 6) is 0.859. The van der Waals surface area contributed by atoms with E-state index in [0.29, 0.717) is 13.0 Å². The lowest BCUT2D eigenvalue weighted by atomic mass is 10.0. The minimum Gasteiger partial charge on any atom is -0.493 e. The molecule has 0 unspecified atom stereocenters. The highest BCUT2D eigenvalue weighted by Gasteiger charge is 2.25. The van der Waals surface area contributed by atoms with E-state index in [1.54, 1.807) is 4.90 Å². The Kier molecular flexibility index (Phi) is 3.82. The van der Waals surface area contributed by atoms with Gasteiger partial charge < -0.3 is 15.0 Å². The predicted octanol–water partition coefficient (Wildman–Crippen LogP) is 0.901. The number of ether oxygens (including phenoxy) is 1. The Morgan fingerprint density at radius 1 is 1.48 bits per heavy atom. The van der Waals surface area contributed by atoms with Crippen LogP contribution in [0.4, 0.5) is 0 Å². The van der Waals surface area contributed by atoms with Gasteiger partial charge in [-0.05, 0) is 37.0 Å². The summed E-state index contributed by atoms with van der Waals surface area (Å²) in [7, 11) is 0. The quantitative estimate of drug-likeness (QED) is 0.879. The number of piperazine rings is 1. The molecule has 2 aliphatic rings. The fraction of sp³-hybridized carbons (Fsp3) is 0.500. The summed E-state index contributed by atoms with van der Waals surface area (Å²) in [6.07, 6.45) is 2.36. The van der Waals surface area contributed by atoms with Gasteiger partial charge in [-0.3, -0.25) is 9.59 Å². The third-order valence-corrected chi connectivity index (χ3v) is 3.92. The molecule has 2 heterocycles. The van der Waals surface area contributed by atoms with Gasteiger partial charge in [0.2, 0.25) is 11.8 Å². The molecule has 5 heteroatoms. The molecule has 0 aromatic heterocycles. The van der Waals surface area contributed by atoms with Crippen LogP contribution in [0, 0.1) is 0 Å². The summed E-state index contributed by atoms with van der Waals surface area (Å²) in [5, 5.41) is 2.82. The van der Waals surface area contributed by atoms with Crippen LogP contribution in [0.3, 0.4) is 0 Å². The average Bonchev–Trinajstić information content (AvgIpc) is 2.46. The highest BCUT2D eigenvalue weighted by atomic mass is 16.5. The van der Waals surface area contributed by atoms with Crippen LogP contribution in [0.15, 0.2) is 18.2 Å². The summed E-state index contributed by atoms with van der Waals surface area (Å²) in [4.78, 5) is 25.5. The topological polar surface area (TPSA) is 58.6 Å². The predicted molar refractivity (Wildman–Crippen MR) is 78.1 cm³/mol. The Morgan fingerprint density at radius 3 is 3.14 bits per heavy atom. The second-order valence-corrected chi connectivity index (χ2v) is 5.81. The molecule has 5 nitrogen and oxygen atoms in total. The molecule has 1 atom stereocenters. The first-order valence-electron chi connectivity index (χ1n) is 7.43. The number of benzene rings is 1. The third-order valence-electron chi connectivity index (χ3n) is 3.92. The van der Waals surface area contributed by atoms with Crippen molar-refractivity contribution in [3.8, 4) is 5.75 Å². The van der Waals surface area contributed by atoms with Crippen molar-refractivity contribution in [1.82, 2.24) is 10.2 Å². The summed E-state index contributed by atoms with van der Waals surface area (Å²) < 4.78 is 5.58. The number of carbonyl (C=O) groups is 2. The Hall–Kier alpha value is -2.04. The van der Waals surface area contributed by atoms with Crippen LogP contribution < -0.4 is 10.1 Å². The number of rotatable bonds is 2. The number of nitrogens with one attached hydrogen (secondary N) is 1. The second kappa shape index (κ2) is 5.76. The number of carbonyl (C=O) groups excluding carboxylic acids is 2. The number of hydrogen-bond donors (Lipinski definition) is 1. The van der Waals surface area contributed by atoms with Gasteiger partial charge in [0.05, 0.1) is 19.6 Å². The Balaban J connectivity index is 1.68. The first-order chi connectivity index (χ1) is 10.1. The van der Waals surface area contributed by atoms with Crippen LogP contribution in [0.1, 0.15) is 24.5 Å². The molecule has 0 bridgehead atoms. The summed E-state index contributed by atoms with van der Waals surface area (Å²) in [5.41, 5.74) is 2.17. The van der Waals surface area contributed by atoms with Gasteiger partial charge in [0, 0.05) is 12.6 Å². The molecular weight excluding hydrogens is 268 g/mol. The largest absolute Gasteiger partial charge is 0.493 e. The maximum absolute atomic E-state index is 12.3. The van der Waals surface area contributed by atoms with Crippen LogP contribution >= 0.6 is 0 Å². The number of nitrogens with zero attached hydrogens (tertiary/aromatic N) is 1. The van der Waals surface area contributed by atoms with Gasteiger partial charge in [-0.1, -0.05) is 12.1 Å². The Bertz CT molecular complexity index is 571. The first kappa shape index (κ1) is 13.9. The van der Waals surface area contributed by atoms with Gasteiger partial charge >= 0.3 is 0 Å². The third kappa shape index (κ3) is 3.17. The Morgan fingerprint density at radius 2 is 2.33 bits per heavy atom. The zero-order valence-electron chi connectivity index (χ0n) is 12.2. The van der Waals surface area contributed by atoms with E-state index in [2.05, 4.69) is 11.4 Å². The number of amides is 2. The van der Waals surface area contributed by atoms with E-state index in [-0.39, 0.29) is 24.4 Å². The molecule has 2 amide bonds. The molecule has 112 valence electrons. The zero-order chi connectivity index (χ0) is 14.8. The molecule has 0 radical (unpaired) electrons. The van der Waals surface area contributed by atoms with Crippen molar-refractivity contribution in [2.75, 3.05) is 19.7 Å². The molecule has 1 N–H and O–H groups in total. The lowest BCUT2D eigenvalue weighted by Crippen LogP contribution is -2.54. The van der Waals surface area contributed by atoms with E-state index in [4.69, 9.17) is 4.74 Å². The van der Waals surface area contributed by atoms with Gasteiger partial charge in [-0.15, -0.1) is 0 Å². The molecule has 0 saturated carbocycles. The van der Waals surface area contributed by atoms with E-state index in [9.17, 15) is 9.59 Å². The van der Waals surface area contributed by atoms with E-state index < -0.39 is 0 Å². The SMILES string of the molecule is C[C@H]1CN(C(=O)Cc2ccc3c(c2)CCCO3)CC(=O)N1. The molecule has 21 heavy (non-hydrogen) atoms.